The summed E-state index contributed by atoms with van der Waals surface area (Å²) in [6, 6.07) is 5.16. The second-order valence-corrected chi connectivity index (χ2v) is 6.33. The highest BCUT2D eigenvalue weighted by atomic mass is 32.2. The highest BCUT2D eigenvalue weighted by Crippen LogP contribution is 2.32. The summed E-state index contributed by atoms with van der Waals surface area (Å²) in [5.74, 6) is 0.460. The standard InChI is InChI=1S/C13H14N2O4S/c1-9-11(8-19-15-9)7-14-20(16,17)12-4-2-3-10-5-6-18-13(10)12/h2-4,8,14H,5-7H2,1H3. The molecule has 1 N–H and O–H groups in total. The summed E-state index contributed by atoms with van der Waals surface area (Å²) in [6.07, 6.45) is 2.17. The third-order valence-corrected chi connectivity index (χ3v) is 4.69. The predicted molar refractivity (Wildman–Crippen MR) is 70.9 cm³/mol. The summed E-state index contributed by atoms with van der Waals surface area (Å²) in [4.78, 5) is 0.182. The molecule has 2 heterocycles. The average molecular weight is 294 g/mol. The van der Waals surface area contributed by atoms with E-state index in [1.807, 2.05) is 6.07 Å². The summed E-state index contributed by atoms with van der Waals surface area (Å²) in [5, 5.41) is 3.71. The van der Waals surface area contributed by atoms with E-state index in [9.17, 15) is 8.42 Å². The molecule has 0 amide bonds. The summed E-state index contributed by atoms with van der Waals surface area (Å²) >= 11 is 0. The van der Waals surface area contributed by atoms with Gasteiger partial charge in [0.25, 0.3) is 0 Å². The maximum absolute atomic E-state index is 12.4. The maximum atomic E-state index is 12.4. The minimum absolute atomic E-state index is 0.140. The molecule has 0 aliphatic carbocycles. The van der Waals surface area contributed by atoms with Gasteiger partial charge in [-0.15, -0.1) is 0 Å². The van der Waals surface area contributed by atoms with Crippen LogP contribution in [0.4, 0.5) is 0 Å². The Labute approximate surface area is 116 Å². The topological polar surface area (TPSA) is 81.4 Å². The SMILES string of the molecule is Cc1nocc1CNS(=O)(=O)c1cccc2c1OCC2. The molecule has 0 radical (unpaired) electrons. The lowest BCUT2D eigenvalue weighted by molar-refractivity contribution is 0.348. The van der Waals surface area contributed by atoms with E-state index in [0.29, 0.717) is 23.6 Å². The van der Waals surface area contributed by atoms with Gasteiger partial charge in [0.15, 0.2) is 0 Å². The molecule has 6 nitrogen and oxygen atoms in total. The fourth-order valence-electron chi connectivity index (χ4n) is 2.13. The number of hydrogen-bond acceptors (Lipinski definition) is 5. The van der Waals surface area contributed by atoms with Gasteiger partial charge in [0.05, 0.1) is 12.3 Å². The molecule has 0 unspecified atom stereocenters. The highest BCUT2D eigenvalue weighted by molar-refractivity contribution is 7.89. The van der Waals surface area contributed by atoms with E-state index < -0.39 is 10.0 Å². The van der Waals surface area contributed by atoms with Gasteiger partial charge in [0.2, 0.25) is 10.0 Å². The molecule has 0 spiro atoms. The van der Waals surface area contributed by atoms with Crippen LogP contribution in [0.5, 0.6) is 5.75 Å². The molecule has 7 heteroatoms. The Morgan fingerprint density at radius 2 is 2.25 bits per heavy atom. The molecule has 3 rings (SSSR count). The molecular weight excluding hydrogens is 280 g/mol. The van der Waals surface area contributed by atoms with Gasteiger partial charge in [-0.25, -0.2) is 13.1 Å². The Balaban J connectivity index is 1.86. The fraction of sp³-hybridized carbons (Fsp3) is 0.308. The minimum Gasteiger partial charge on any atom is -0.492 e. The zero-order chi connectivity index (χ0) is 14.2. The first kappa shape index (κ1) is 13.1. The molecule has 1 aliphatic heterocycles. The zero-order valence-electron chi connectivity index (χ0n) is 10.9. The number of nitrogens with zero attached hydrogens (tertiary/aromatic N) is 1. The zero-order valence-corrected chi connectivity index (χ0v) is 11.7. The second kappa shape index (κ2) is 4.92. The van der Waals surface area contributed by atoms with E-state index >= 15 is 0 Å². The largest absolute Gasteiger partial charge is 0.492 e. The van der Waals surface area contributed by atoms with Crippen LogP contribution < -0.4 is 9.46 Å². The first-order valence-corrected chi connectivity index (χ1v) is 7.70. The lowest BCUT2D eigenvalue weighted by atomic mass is 10.2. The van der Waals surface area contributed by atoms with Crippen molar-refractivity contribution in [2.24, 2.45) is 0 Å². The van der Waals surface area contributed by atoms with Crippen LogP contribution in [0, 0.1) is 6.92 Å². The Morgan fingerprint density at radius 3 is 3.00 bits per heavy atom. The van der Waals surface area contributed by atoms with Crippen LogP contribution in [0.2, 0.25) is 0 Å². The average Bonchev–Trinajstić information content (AvgIpc) is 3.04. The van der Waals surface area contributed by atoms with Crippen LogP contribution in [-0.4, -0.2) is 20.2 Å². The van der Waals surface area contributed by atoms with Crippen molar-refractivity contribution in [2.45, 2.75) is 24.8 Å². The van der Waals surface area contributed by atoms with E-state index in [-0.39, 0.29) is 11.4 Å². The van der Waals surface area contributed by atoms with Crippen LogP contribution in [0.1, 0.15) is 16.8 Å². The third-order valence-electron chi connectivity index (χ3n) is 3.27. The highest BCUT2D eigenvalue weighted by Gasteiger charge is 2.25. The maximum Gasteiger partial charge on any atom is 0.244 e. The quantitative estimate of drug-likeness (QED) is 0.921. The number of hydrogen-bond donors (Lipinski definition) is 1. The number of rotatable bonds is 4. The fourth-order valence-corrected chi connectivity index (χ4v) is 3.32. The Morgan fingerprint density at radius 1 is 1.40 bits per heavy atom. The Bertz CT molecular complexity index is 737. The van der Waals surface area contributed by atoms with E-state index in [1.54, 1.807) is 19.1 Å². The smallest absolute Gasteiger partial charge is 0.244 e. The van der Waals surface area contributed by atoms with E-state index in [1.165, 1.54) is 6.26 Å². The first-order valence-electron chi connectivity index (χ1n) is 6.22. The number of aryl methyl sites for hydroxylation is 1. The van der Waals surface area contributed by atoms with Crippen LogP contribution in [0.3, 0.4) is 0 Å². The summed E-state index contributed by atoms with van der Waals surface area (Å²) in [5.41, 5.74) is 2.30. The summed E-state index contributed by atoms with van der Waals surface area (Å²) in [6.45, 7) is 2.42. The normalized spacial score (nSPS) is 14.1. The first-order chi connectivity index (χ1) is 9.58. The molecule has 0 bridgehead atoms. The number of para-hydroxylation sites is 1. The van der Waals surface area contributed by atoms with Gasteiger partial charge in [0.1, 0.15) is 16.9 Å². The number of benzene rings is 1. The lowest BCUT2D eigenvalue weighted by Gasteiger charge is -2.09. The molecule has 1 aromatic heterocycles. The van der Waals surface area contributed by atoms with Crippen molar-refractivity contribution >= 4 is 10.0 Å². The minimum atomic E-state index is -3.62. The summed E-state index contributed by atoms with van der Waals surface area (Å²) in [7, 11) is -3.62. The van der Waals surface area contributed by atoms with Crippen LogP contribution >= 0.6 is 0 Å². The van der Waals surface area contributed by atoms with Crippen molar-refractivity contribution in [1.82, 2.24) is 9.88 Å². The van der Waals surface area contributed by atoms with Crippen LogP contribution in [0.15, 0.2) is 33.9 Å². The van der Waals surface area contributed by atoms with Crippen LogP contribution in [0.25, 0.3) is 0 Å². The van der Waals surface area contributed by atoms with Gasteiger partial charge in [0, 0.05) is 18.5 Å². The Hall–Kier alpha value is -1.86. The van der Waals surface area contributed by atoms with Gasteiger partial charge in [-0.3, -0.25) is 0 Å². The Kier molecular flexibility index (Phi) is 3.23. The molecule has 2 aromatic rings. The monoisotopic (exact) mass is 294 g/mol. The van der Waals surface area contributed by atoms with E-state index in [2.05, 4.69) is 9.88 Å². The number of aromatic nitrogens is 1. The molecule has 0 atom stereocenters. The van der Waals surface area contributed by atoms with Crippen molar-refractivity contribution in [3.63, 3.8) is 0 Å². The van der Waals surface area contributed by atoms with Crippen LogP contribution in [-0.2, 0) is 23.0 Å². The number of nitrogens with one attached hydrogen (secondary N) is 1. The second-order valence-electron chi connectivity index (χ2n) is 4.59. The molecule has 1 aromatic carbocycles. The van der Waals surface area contributed by atoms with Crippen molar-refractivity contribution in [3.8, 4) is 5.75 Å². The third kappa shape index (κ3) is 2.30. The van der Waals surface area contributed by atoms with Gasteiger partial charge in [-0.05, 0) is 18.6 Å². The lowest BCUT2D eigenvalue weighted by Crippen LogP contribution is -2.23. The van der Waals surface area contributed by atoms with Crippen molar-refractivity contribution in [1.29, 1.82) is 0 Å². The summed E-state index contributed by atoms with van der Waals surface area (Å²) < 4.78 is 37.5. The molecule has 0 fully saturated rings. The van der Waals surface area contributed by atoms with E-state index in [0.717, 1.165) is 12.0 Å². The van der Waals surface area contributed by atoms with Gasteiger partial charge >= 0.3 is 0 Å². The molecular formula is C13H14N2O4S. The van der Waals surface area contributed by atoms with Gasteiger partial charge in [-0.1, -0.05) is 17.3 Å². The van der Waals surface area contributed by atoms with Crippen molar-refractivity contribution in [3.05, 3.63) is 41.3 Å². The van der Waals surface area contributed by atoms with Crippen molar-refractivity contribution < 1.29 is 17.7 Å². The number of sulfonamides is 1. The van der Waals surface area contributed by atoms with Crippen molar-refractivity contribution in [2.75, 3.05) is 6.61 Å². The number of ether oxygens (including phenoxy) is 1. The molecule has 20 heavy (non-hydrogen) atoms. The predicted octanol–water partition coefficient (Wildman–Crippen LogP) is 1.40. The number of fused-ring (bicyclic) bond motifs is 1. The van der Waals surface area contributed by atoms with E-state index in [4.69, 9.17) is 9.26 Å². The molecule has 1 aliphatic rings. The molecule has 0 saturated heterocycles. The molecule has 0 saturated carbocycles. The van der Waals surface area contributed by atoms with Gasteiger partial charge in [-0.2, -0.15) is 0 Å². The van der Waals surface area contributed by atoms with Gasteiger partial charge < -0.3 is 9.26 Å². The molecule has 106 valence electrons.